The Labute approximate surface area is 150 Å². The van der Waals surface area contributed by atoms with Crippen LogP contribution in [0.3, 0.4) is 0 Å². The molecule has 6 heteroatoms. The van der Waals surface area contributed by atoms with Crippen LogP contribution in [0.4, 0.5) is 0 Å². The first-order valence-electron chi connectivity index (χ1n) is 7.52. The molecule has 0 aliphatic heterocycles. The van der Waals surface area contributed by atoms with Gasteiger partial charge >= 0.3 is 5.97 Å². The van der Waals surface area contributed by atoms with E-state index in [2.05, 4.69) is 0 Å². The zero-order valence-corrected chi connectivity index (χ0v) is 14.3. The Kier molecular flexibility index (Phi) is 6.44. The van der Waals surface area contributed by atoms with Crippen molar-refractivity contribution in [1.82, 2.24) is 0 Å². The molecule has 0 saturated carbocycles. The van der Waals surface area contributed by atoms with Gasteiger partial charge in [-0.15, -0.1) is 0 Å². The van der Waals surface area contributed by atoms with E-state index in [-0.39, 0.29) is 5.57 Å². The fraction of sp³-hybridized carbons (Fsp3) is 0.158. The maximum absolute atomic E-state index is 10.9. The third-order valence-corrected chi connectivity index (χ3v) is 3.49. The van der Waals surface area contributed by atoms with Gasteiger partial charge < -0.3 is 14.6 Å². The molecule has 0 aliphatic rings. The summed E-state index contributed by atoms with van der Waals surface area (Å²) in [4.78, 5) is 10.9. The van der Waals surface area contributed by atoms with Crippen molar-refractivity contribution in [1.29, 1.82) is 5.26 Å². The lowest BCUT2D eigenvalue weighted by molar-refractivity contribution is -0.132. The Morgan fingerprint density at radius 3 is 2.52 bits per heavy atom. The minimum atomic E-state index is -1.27. The van der Waals surface area contributed by atoms with Gasteiger partial charge in [0.05, 0.1) is 6.61 Å². The number of nitrogens with zero attached hydrogens (tertiary/aromatic N) is 1. The topological polar surface area (TPSA) is 79.5 Å². The number of rotatable bonds is 7. The van der Waals surface area contributed by atoms with E-state index in [9.17, 15) is 4.79 Å². The summed E-state index contributed by atoms with van der Waals surface area (Å²) in [5, 5.41) is 18.4. The van der Waals surface area contributed by atoms with Gasteiger partial charge in [0.15, 0.2) is 11.5 Å². The molecule has 0 heterocycles. The number of benzene rings is 2. The van der Waals surface area contributed by atoms with E-state index in [4.69, 9.17) is 31.4 Å². The van der Waals surface area contributed by atoms with Crippen LogP contribution in [0.2, 0.25) is 5.02 Å². The predicted molar refractivity (Wildman–Crippen MR) is 94.6 cm³/mol. The minimum absolute atomic E-state index is 0.338. The van der Waals surface area contributed by atoms with Crippen LogP contribution in [0.1, 0.15) is 18.1 Å². The molecule has 0 radical (unpaired) electrons. The highest BCUT2D eigenvalue weighted by Gasteiger charge is 2.10. The van der Waals surface area contributed by atoms with Gasteiger partial charge in [-0.1, -0.05) is 29.8 Å². The lowest BCUT2D eigenvalue weighted by Gasteiger charge is -2.13. The molecule has 5 nitrogen and oxygen atoms in total. The van der Waals surface area contributed by atoms with Gasteiger partial charge in [0.25, 0.3) is 0 Å². The highest BCUT2D eigenvalue weighted by Crippen LogP contribution is 2.30. The summed E-state index contributed by atoms with van der Waals surface area (Å²) in [6.07, 6.45) is 1.29. The van der Waals surface area contributed by atoms with Crippen LogP contribution in [-0.4, -0.2) is 17.7 Å². The normalized spacial score (nSPS) is 10.8. The summed E-state index contributed by atoms with van der Waals surface area (Å²) in [6.45, 7) is 2.60. The zero-order chi connectivity index (χ0) is 18.2. The number of hydrogen-bond donors (Lipinski definition) is 1. The summed E-state index contributed by atoms with van der Waals surface area (Å²) in [5.74, 6) is -0.265. The molecule has 0 bridgehead atoms. The molecule has 0 amide bonds. The number of halogens is 1. The monoisotopic (exact) mass is 357 g/mol. The average molecular weight is 358 g/mol. The Morgan fingerprint density at radius 1 is 1.20 bits per heavy atom. The molecular weight excluding hydrogens is 342 g/mol. The zero-order valence-electron chi connectivity index (χ0n) is 13.5. The molecule has 0 aromatic heterocycles. The van der Waals surface area contributed by atoms with Crippen LogP contribution in [0.15, 0.2) is 48.0 Å². The van der Waals surface area contributed by atoms with E-state index in [1.165, 1.54) is 6.08 Å². The van der Waals surface area contributed by atoms with Crippen molar-refractivity contribution in [2.75, 3.05) is 6.61 Å². The highest BCUT2D eigenvalue weighted by molar-refractivity contribution is 6.30. The van der Waals surface area contributed by atoms with Crippen LogP contribution < -0.4 is 9.47 Å². The average Bonchev–Trinajstić information content (AvgIpc) is 2.60. The summed E-state index contributed by atoms with van der Waals surface area (Å²) in [6, 6.07) is 13.9. The largest absolute Gasteiger partial charge is 0.490 e. The lowest BCUT2D eigenvalue weighted by Crippen LogP contribution is -2.00. The molecule has 1 N–H and O–H groups in total. The first kappa shape index (κ1) is 18.4. The van der Waals surface area contributed by atoms with Gasteiger partial charge in [-0.05, 0) is 48.4 Å². The van der Waals surface area contributed by atoms with Crippen molar-refractivity contribution in [3.63, 3.8) is 0 Å². The first-order valence-corrected chi connectivity index (χ1v) is 7.90. The number of hydrogen-bond acceptors (Lipinski definition) is 4. The summed E-state index contributed by atoms with van der Waals surface area (Å²) in [5.41, 5.74) is 1.15. The van der Waals surface area contributed by atoms with Crippen molar-refractivity contribution in [2.24, 2.45) is 0 Å². The van der Waals surface area contributed by atoms with Crippen molar-refractivity contribution in [3.8, 4) is 17.6 Å². The molecular formula is C19H16ClNO4. The van der Waals surface area contributed by atoms with Gasteiger partial charge in [0.2, 0.25) is 0 Å². The van der Waals surface area contributed by atoms with Crippen molar-refractivity contribution < 1.29 is 19.4 Å². The number of ether oxygens (including phenoxy) is 2. The Morgan fingerprint density at radius 2 is 1.92 bits per heavy atom. The van der Waals surface area contributed by atoms with Crippen molar-refractivity contribution >= 4 is 23.6 Å². The summed E-state index contributed by atoms with van der Waals surface area (Å²) < 4.78 is 11.3. The van der Waals surface area contributed by atoms with E-state index in [0.717, 1.165) is 5.56 Å². The number of carboxylic acids is 1. The van der Waals surface area contributed by atoms with Gasteiger partial charge in [-0.3, -0.25) is 0 Å². The fourth-order valence-corrected chi connectivity index (χ4v) is 2.18. The standard InChI is InChI=1S/C19H16ClNO4/c1-2-24-18-10-14(9-15(11-21)19(22)23)5-8-17(18)25-12-13-3-6-16(20)7-4-13/h3-10H,2,12H2,1H3,(H,22,23). The second-order valence-corrected chi connectivity index (χ2v) is 5.47. The van der Waals surface area contributed by atoms with Crippen molar-refractivity contribution in [2.45, 2.75) is 13.5 Å². The molecule has 0 saturated heterocycles. The Hall–Kier alpha value is -2.97. The molecule has 2 rings (SSSR count). The first-order chi connectivity index (χ1) is 12.0. The van der Waals surface area contributed by atoms with Gasteiger partial charge in [-0.25, -0.2) is 4.79 Å². The van der Waals surface area contributed by atoms with Crippen LogP contribution in [0, 0.1) is 11.3 Å². The number of carbonyl (C=O) groups is 1. The lowest BCUT2D eigenvalue weighted by atomic mass is 10.1. The fourth-order valence-electron chi connectivity index (χ4n) is 2.05. The molecule has 0 unspecified atom stereocenters. The molecule has 2 aromatic carbocycles. The molecule has 0 fully saturated rings. The summed E-state index contributed by atoms with van der Waals surface area (Å²) in [7, 11) is 0. The van der Waals surface area contributed by atoms with Crippen LogP contribution in [-0.2, 0) is 11.4 Å². The van der Waals surface area contributed by atoms with Gasteiger partial charge in [-0.2, -0.15) is 5.26 Å². The second kappa shape index (κ2) is 8.76. The third kappa shape index (κ3) is 5.27. The maximum atomic E-state index is 10.9. The molecule has 0 spiro atoms. The molecule has 128 valence electrons. The van der Waals surface area contributed by atoms with Crippen LogP contribution in [0.5, 0.6) is 11.5 Å². The minimum Gasteiger partial charge on any atom is -0.490 e. The highest BCUT2D eigenvalue weighted by atomic mass is 35.5. The predicted octanol–water partition coefficient (Wildman–Crippen LogP) is 4.31. The van der Waals surface area contributed by atoms with Crippen LogP contribution >= 0.6 is 11.6 Å². The van der Waals surface area contributed by atoms with Crippen molar-refractivity contribution in [3.05, 3.63) is 64.2 Å². The van der Waals surface area contributed by atoms with E-state index in [1.54, 1.807) is 36.4 Å². The molecule has 0 aliphatic carbocycles. The van der Waals surface area contributed by atoms with Gasteiger partial charge in [0.1, 0.15) is 18.2 Å². The van der Waals surface area contributed by atoms with E-state index < -0.39 is 5.97 Å². The molecule has 25 heavy (non-hydrogen) atoms. The maximum Gasteiger partial charge on any atom is 0.346 e. The van der Waals surface area contributed by atoms with Crippen LogP contribution in [0.25, 0.3) is 6.08 Å². The number of aliphatic carboxylic acids is 1. The molecule has 2 aromatic rings. The van der Waals surface area contributed by atoms with E-state index >= 15 is 0 Å². The smallest absolute Gasteiger partial charge is 0.346 e. The van der Waals surface area contributed by atoms with Gasteiger partial charge in [0, 0.05) is 5.02 Å². The second-order valence-electron chi connectivity index (χ2n) is 5.03. The third-order valence-electron chi connectivity index (χ3n) is 3.24. The SMILES string of the molecule is CCOc1cc(C=C(C#N)C(=O)O)ccc1OCc1ccc(Cl)cc1. The molecule has 0 atom stereocenters. The summed E-state index contributed by atoms with van der Waals surface area (Å²) >= 11 is 5.86. The number of nitriles is 1. The Balaban J connectivity index is 2.22. The van der Waals surface area contributed by atoms with E-state index in [0.29, 0.717) is 35.3 Å². The quantitative estimate of drug-likeness (QED) is 0.590. The number of carboxylic acid groups (broad SMARTS) is 1. The Bertz CT molecular complexity index is 822. The van der Waals surface area contributed by atoms with E-state index in [1.807, 2.05) is 19.1 Å².